The molecule has 19 heavy (non-hydrogen) atoms. The summed E-state index contributed by atoms with van der Waals surface area (Å²) in [7, 11) is 1.83. The van der Waals surface area contributed by atoms with E-state index in [2.05, 4.69) is 0 Å². The molecular weight excluding hydrogens is 246 g/mol. The van der Waals surface area contributed by atoms with E-state index in [-0.39, 0.29) is 13.2 Å². The van der Waals surface area contributed by atoms with Gasteiger partial charge < -0.3 is 14.9 Å². The Morgan fingerprint density at radius 3 is 2.53 bits per heavy atom. The summed E-state index contributed by atoms with van der Waals surface area (Å²) in [6, 6.07) is 9.80. The molecule has 0 aromatic heterocycles. The van der Waals surface area contributed by atoms with Crippen LogP contribution in [0.3, 0.4) is 0 Å². The number of hydrogen-bond donors (Lipinski definition) is 2. The lowest BCUT2D eigenvalue weighted by molar-refractivity contribution is -0.153. The van der Waals surface area contributed by atoms with Crippen LogP contribution in [0.25, 0.3) is 0 Å². The van der Waals surface area contributed by atoms with E-state index in [0.29, 0.717) is 6.54 Å². The zero-order chi connectivity index (χ0) is 14.3. The summed E-state index contributed by atoms with van der Waals surface area (Å²) in [6.45, 7) is 1.46. The molecule has 1 atom stereocenters. The maximum atomic E-state index is 10.8. The van der Waals surface area contributed by atoms with Crippen molar-refractivity contribution in [2.24, 2.45) is 0 Å². The number of hydrogen-bond acceptors (Lipinski definition) is 5. The van der Waals surface area contributed by atoms with Gasteiger partial charge in [-0.05, 0) is 12.6 Å². The molecule has 0 saturated heterocycles. The molecule has 0 bridgehead atoms. The van der Waals surface area contributed by atoms with Crippen molar-refractivity contribution in [3.8, 4) is 0 Å². The monoisotopic (exact) mass is 267 g/mol. The molecule has 1 aromatic carbocycles. The number of carbonyl (C=O) groups is 1. The first kappa shape index (κ1) is 15.6. The second-order valence-corrected chi connectivity index (χ2v) is 4.82. The molecule has 5 heteroatoms. The third kappa shape index (κ3) is 5.83. The maximum Gasteiger partial charge on any atom is 0.302 e. The molecule has 2 N–H and O–H groups in total. The summed E-state index contributed by atoms with van der Waals surface area (Å²) in [5.41, 5.74) is -0.326. The van der Waals surface area contributed by atoms with Crippen LogP contribution in [0.1, 0.15) is 12.5 Å². The summed E-state index contributed by atoms with van der Waals surface area (Å²) in [5.74, 6) is -0.474. The van der Waals surface area contributed by atoms with Gasteiger partial charge in [0.15, 0.2) is 0 Å². The highest BCUT2D eigenvalue weighted by Crippen LogP contribution is 2.10. The molecule has 0 spiro atoms. The van der Waals surface area contributed by atoms with Gasteiger partial charge in [-0.1, -0.05) is 30.3 Å². The van der Waals surface area contributed by atoms with Crippen LogP contribution in [0.4, 0.5) is 0 Å². The van der Waals surface area contributed by atoms with Gasteiger partial charge in [0, 0.05) is 20.0 Å². The Balaban J connectivity index is 2.52. The van der Waals surface area contributed by atoms with Crippen LogP contribution < -0.4 is 0 Å². The van der Waals surface area contributed by atoms with E-state index in [1.54, 1.807) is 0 Å². The van der Waals surface area contributed by atoms with Gasteiger partial charge in [0.2, 0.25) is 0 Å². The summed E-state index contributed by atoms with van der Waals surface area (Å²) < 4.78 is 4.77. The van der Waals surface area contributed by atoms with Crippen molar-refractivity contribution < 1.29 is 19.7 Å². The summed E-state index contributed by atoms with van der Waals surface area (Å²) in [4.78, 5) is 12.6. The predicted octanol–water partition coefficient (Wildman–Crippen LogP) is 0.405. The number of aliphatic hydroxyl groups excluding tert-OH is 1. The van der Waals surface area contributed by atoms with Crippen LogP contribution >= 0.6 is 0 Å². The smallest absolute Gasteiger partial charge is 0.302 e. The highest BCUT2D eigenvalue weighted by Gasteiger charge is 2.29. The zero-order valence-corrected chi connectivity index (χ0v) is 11.4. The van der Waals surface area contributed by atoms with Crippen molar-refractivity contribution in [1.82, 2.24) is 4.90 Å². The van der Waals surface area contributed by atoms with E-state index in [1.165, 1.54) is 6.92 Å². The van der Waals surface area contributed by atoms with Gasteiger partial charge in [-0.25, -0.2) is 0 Å². The Morgan fingerprint density at radius 1 is 1.37 bits per heavy atom. The molecule has 106 valence electrons. The Morgan fingerprint density at radius 2 is 2.00 bits per heavy atom. The number of likely N-dealkylation sites (N-methyl/N-ethyl adjacent to an activating group) is 1. The fraction of sp³-hybridized carbons (Fsp3) is 0.500. The van der Waals surface area contributed by atoms with Crippen LogP contribution in [0.15, 0.2) is 30.3 Å². The summed E-state index contributed by atoms with van der Waals surface area (Å²) in [5, 5.41) is 19.4. The van der Waals surface area contributed by atoms with Crippen LogP contribution in [-0.4, -0.2) is 53.5 Å². The van der Waals surface area contributed by atoms with E-state index >= 15 is 0 Å². The van der Waals surface area contributed by atoms with E-state index < -0.39 is 18.2 Å². The number of ether oxygens (including phenoxy) is 1. The molecule has 5 nitrogen and oxygen atoms in total. The van der Waals surface area contributed by atoms with Crippen molar-refractivity contribution in [2.45, 2.75) is 19.1 Å². The molecule has 1 rings (SSSR count). The Hall–Kier alpha value is -1.43. The molecule has 0 amide bonds. The first-order valence-electron chi connectivity index (χ1n) is 6.14. The lowest BCUT2D eigenvalue weighted by atomic mass is 10.1. The second kappa shape index (κ2) is 7.23. The van der Waals surface area contributed by atoms with Gasteiger partial charge in [0.25, 0.3) is 0 Å². The van der Waals surface area contributed by atoms with E-state index in [9.17, 15) is 15.0 Å². The Kier molecular flexibility index (Phi) is 5.95. The summed E-state index contributed by atoms with van der Waals surface area (Å²) >= 11 is 0. The number of carbonyl (C=O) groups excluding carboxylic acids is 1. The first-order chi connectivity index (χ1) is 8.95. The molecule has 1 unspecified atom stereocenters. The highest BCUT2D eigenvalue weighted by molar-refractivity contribution is 5.65. The van der Waals surface area contributed by atoms with Crippen molar-refractivity contribution in [2.75, 3.05) is 26.8 Å². The first-order valence-corrected chi connectivity index (χ1v) is 6.14. The normalized spacial score (nSPS) is 14.2. The lowest BCUT2D eigenvalue weighted by Gasteiger charge is -2.30. The number of rotatable bonds is 7. The van der Waals surface area contributed by atoms with Crippen molar-refractivity contribution in [1.29, 1.82) is 0 Å². The van der Waals surface area contributed by atoms with E-state index in [0.717, 1.165) is 5.56 Å². The SMILES string of the molecule is CC(=O)OCC(O)(CO)CN(C)Cc1ccccc1. The van der Waals surface area contributed by atoms with Gasteiger partial charge in [-0.3, -0.25) is 9.69 Å². The second-order valence-electron chi connectivity index (χ2n) is 4.82. The third-order valence-electron chi connectivity index (χ3n) is 2.70. The molecule has 0 aliphatic rings. The third-order valence-corrected chi connectivity index (χ3v) is 2.70. The fourth-order valence-corrected chi connectivity index (χ4v) is 1.83. The minimum absolute atomic E-state index is 0.210. The molecule has 0 fully saturated rings. The Bertz CT molecular complexity index is 396. The van der Waals surface area contributed by atoms with Gasteiger partial charge >= 0.3 is 5.97 Å². The molecule has 0 heterocycles. The maximum absolute atomic E-state index is 10.8. The molecule has 0 aliphatic carbocycles. The van der Waals surface area contributed by atoms with Crippen LogP contribution in [-0.2, 0) is 16.1 Å². The largest absolute Gasteiger partial charge is 0.463 e. The molecule has 0 saturated carbocycles. The topological polar surface area (TPSA) is 70.0 Å². The highest BCUT2D eigenvalue weighted by atomic mass is 16.5. The zero-order valence-electron chi connectivity index (χ0n) is 11.4. The number of benzene rings is 1. The van der Waals surface area contributed by atoms with E-state index in [1.807, 2.05) is 42.3 Å². The van der Waals surface area contributed by atoms with Gasteiger partial charge in [-0.2, -0.15) is 0 Å². The average molecular weight is 267 g/mol. The minimum atomic E-state index is -1.44. The van der Waals surface area contributed by atoms with Crippen LogP contribution in [0, 0.1) is 0 Å². The number of nitrogens with zero attached hydrogens (tertiary/aromatic N) is 1. The molecule has 1 aromatic rings. The quantitative estimate of drug-likeness (QED) is 0.700. The standard InChI is InChI=1S/C14H21NO4/c1-12(17)19-11-14(18,10-16)9-15(2)8-13-6-4-3-5-7-13/h3-7,16,18H,8-11H2,1-2H3. The van der Waals surface area contributed by atoms with Gasteiger partial charge in [0.1, 0.15) is 12.2 Å². The molecular formula is C14H21NO4. The van der Waals surface area contributed by atoms with Crippen LogP contribution in [0.2, 0.25) is 0 Å². The number of esters is 1. The molecule has 0 aliphatic heterocycles. The van der Waals surface area contributed by atoms with Gasteiger partial charge in [-0.15, -0.1) is 0 Å². The van der Waals surface area contributed by atoms with Crippen molar-refractivity contribution in [3.05, 3.63) is 35.9 Å². The molecule has 0 radical (unpaired) electrons. The van der Waals surface area contributed by atoms with Crippen molar-refractivity contribution >= 4 is 5.97 Å². The van der Waals surface area contributed by atoms with Crippen molar-refractivity contribution in [3.63, 3.8) is 0 Å². The average Bonchev–Trinajstić information content (AvgIpc) is 2.37. The summed E-state index contributed by atoms with van der Waals surface area (Å²) in [6.07, 6.45) is 0. The van der Waals surface area contributed by atoms with Gasteiger partial charge in [0.05, 0.1) is 6.61 Å². The number of aliphatic hydroxyl groups is 2. The fourth-order valence-electron chi connectivity index (χ4n) is 1.83. The Labute approximate surface area is 113 Å². The van der Waals surface area contributed by atoms with E-state index in [4.69, 9.17) is 4.74 Å². The lowest BCUT2D eigenvalue weighted by Crippen LogP contribution is -2.48. The minimum Gasteiger partial charge on any atom is -0.463 e. The predicted molar refractivity (Wildman–Crippen MR) is 71.4 cm³/mol. The van der Waals surface area contributed by atoms with Crippen LogP contribution in [0.5, 0.6) is 0 Å².